The minimum atomic E-state index is -1.03. The van der Waals surface area contributed by atoms with Gasteiger partial charge in [-0.1, -0.05) is 17.7 Å². The maximum Gasteiger partial charge on any atom is 0.127 e. The predicted octanol–water partition coefficient (Wildman–Crippen LogP) is 1.86. The molecular weight excluding hydrogens is 257 g/mol. The smallest absolute Gasteiger partial charge is 0.127 e. The van der Waals surface area contributed by atoms with E-state index in [1.54, 1.807) is 43.2 Å². The van der Waals surface area contributed by atoms with E-state index in [4.69, 9.17) is 0 Å². The summed E-state index contributed by atoms with van der Waals surface area (Å²) in [6.45, 7) is 4.34. The molecule has 0 radical (unpaired) electrons. The van der Waals surface area contributed by atoms with Crippen molar-refractivity contribution in [3.05, 3.63) is 53.1 Å². The first-order valence-corrected chi connectivity index (χ1v) is 6.56. The zero-order valence-corrected chi connectivity index (χ0v) is 12.0. The standard InChI is InChI=1S/C15H20FN3O/c1-11-4-5-14(16)12(6-11)7-17-10-15(2,20)13-8-18-19(3)9-13/h4-6,8-9,17,20H,7,10H2,1-3H3. The molecular formula is C15H20FN3O. The Hall–Kier alpha value is -1.72. The Morgan fingerprint density at radius 3 is 2.85 bits per heavy atom. The topological polar surface area (TPSA) is 50.1 Å². The van der Waals surface area contributed by atoms with Gasteiger partial charge >= 0.3 is 0 Å². The second kappa shape index (κ2) is 5.73. The van der Waals surface area contributed by atoms with E-state index in [-0.39, 0.29) is 5.82 Å². The summed E-state index contributed by atoms with van der Waals surface area (Å²) in [7, 11) is 1.80. The molecule has 108 valence electrons. The van der Waals surface area contributed by atoms with Crippen LogP contribution in [0, 0.1) is 12.7 Å². The zero-order chi connectivity index (χ0) is 14.8. The minimum absolute atomic E-state index is 0.232. The summed E-state index contributed by atoms with van der Waals surface area (Å²) in [6.07, 6.45) is 3.41. The van der Waals surface area contributed by atoms with E-state index in [0.717, 1.165) is 11.1 Å². The van der Waals surface area contributed by atoms with E-state index in [2.05, 4.69) is 10.4 Å². The summed E-state index contributed by atoms with van der Waals surface area (Å²) in [6, 6.07) is 5.01. The Morgan fingerprint density at radius 2 is 2.20 bits per heavy atom. The second-order valence-electron chi connectivity index (χ2n) is 5.37. The summed E-state index contributed by atoms with van der Waals surface area (Å²) in [4.78, 5) is 0. The third-order valence-corrected chi connectivity index (χ3v) is 3.31. The van der Waals surface area contributed by atoms with Crippen LogP contribution in [-0.2, 0) is 19.2 Å². The first-order chi connectivity index (χ1) is 9.38. The SMILES string of the molecule is Cc1ccc(F)c(CNCC(C)(O)c2cnn(C)c2)c1. The molecule has 2 N–H and O–H groups in total. The molecule has 0 aliphatic rings. The van der Waals surface area contributed by atoms with Gasteiger partial charge in [0.2, 0.25) is 0 Å². The highest BCUT2D eigenvalue weighted by molar-refractivity contribution is 5.24. The molecule has 0 saturated carbocycles. The Balaban J connectivity index is 1.97. The molecule has 1 aromatic carbocycles. The van der Waals surface area contributed by atoms with Gasteiger partial charge < -0.3 is 10.4 Å². The first-order valence-electron chi connectivity index (χ1n) is 6.56. The van der Waals surface area contributed by atoms with Crippen LogP contribution < -0.4 is 5.32 Å². The van der Waals surface area contributed by atoms with Crippen LogP contribution in [-0.4, -0.2) is 21.4 Å². The number of aryl methyl sites for hydroxylation is 2. The lowest BCUT2D eigenvalue weighted by Crippen LogP contribution is -2.35. The molecule has 1 unspecified atom stereocenters. The monoisotopic (exact) mass is 277 g/mol. The first kappa shape index (κ1) is 14.7. The van der Waals surface area contributed by atoms with Crippen molar-refractivity contribution in [2.75, 3.05) is 6.54 Å². The van der Waals surface area contributed by atoms with Crippen LogP contribution in [0.3, 0.4) is 0 Å². The average molecular weight is 277 g/mol. The molecule has 0 saturated heterocycles. The minimum Gasteiger partial charge on any atom is -0.384 e. The van der Waals surface area contributed by atoms with Gasteiger partial charge in [-0.05, 0) is 19.9 Å². The van der Waals surface area contributed by atoms with Crippen LogP contribution in [0.25, 0.3) is 0 Å². The molecule has 0 aliphatic carbocycles. The van der Waals surface area contributed by atoms with Crippen molar-refractivity contribution in [1.82, 2.24) is 15.1 Å². The van der Waals surface area contributed by atoms with Crippen molar-refractivity contribution >= 4 is 0 Å². The van der Waals surface area contributed by atoms with Crippen molar-refractivity contribution in [1.29, 1.82) is 0 Å². The maximum atomic E-state index is 13.6. The Bertz CT molecular complexity index is 593. The summed E-state index contributed by atoms with van der Waals surface area (Å²) < 4.78 is 15.2. The lowest BCUT2D eigenvalue weighted by atomic mass is 9.99. The van der Waals surface area contributed by atoms with Crippen LogP contribution in [0.2, 0.25) is 0 Å². The number of hydrogen-bond donors (Lipinski definition) is 2. The van der Waals surface area contributed by atoms with E-state index < -0.39 is 5.60 Å². The molecule has 20 heavy (non-hydrogen) atoms. The van der Waals surface area contributed by atoms with Crippen LogP contribution >= 0.6 is 0 Å². The van der Waals surface area contributed by atoms with E-state index in [9.17, 15) is 9.50 Å². The zero-order valence-electron chi connectivity index (χ0n) is 12.0. The van der Waals surface area contributed by atoms with E-state index in [1.165, 1.54) is 6.07 Å². The number of benzene rings is 1. The fourth-order valence-corrected chi connectivity index (χ4v) is 2.08. The maximum absolute atomic E-state index is 13.6. The fraction of sp³-hybridized carbons (Fsp3) is 0.400. The molecule has 2 aromatic rings. The highest BCUT2D eigenvalue weighted by Crippen LogP contribution is 2.19. The third kappa shape index (κ3) is 3.43. The lowest BCUT2D eigenvalue weighted by molar-refractivity contribution is 0.0565. The molecule has 1 atom stereocenters. The van der Waals surface area contributed by atoms with Gasteiger partial charge in [-0.15, -0.1) is 0 Å². The Labute approximate surface area is 118 Å². The number of hydrogen-bond acceptors (Lipinski definition) is 3. The van der Waals surface area contributed by atoms with Crippen molar-refractivity contribution in [3.8, 4) is 0 Å². The molecule has 4 nitrogen and oxygen atoms in total. The van der Waals surface area contributed by atoms with Crippen LogP contribution in [0.1, 0.15) is 23.6 Å². The molecule has 1 aromatic heterocycles. The Morgan fingerprint density at radius 1 is 1.45 bits per heavy atom. The lowest BCUT2D eigenvalue weighted by Gasteiger charge is -2.22. The molecule has 0 fully saturated rings. The van der Waals surface area contributed by atoms with Crippen molar-refractivity contribution in [2.24, 2.45) is 7.05 Å². The van der Waals surface area contributed by atoms with E-state index in [1.807, 2.05) is 6.92 Å². The second-order valence-corrected chi connectivity index (χ2v) is 5.37. The van der Waals surface area contributed by atoms with Gasteiger partial charge in [0.1, 0.15) is 11.4 Å². The van der Waals surface area contributed by atoms with Crippen LogP contribution in [0.4, 0.5) is 4.39 Å². The molecule has 2 rings (SSSR count). The Kier molecular flexibility index (Phi) is 4.20. The molecule has 0 bridgehead atoms. The third-order valence-electron chi connectivity index (χ3n) is 3.31. The van der Waals surface area contributed by atoms with Gasteiger partial charge in [-0.3, -0.25) is 4.68 Å². The van der Waals surface area contributed by atoms with Gasteiger partial charge in [-0.25, -0.2) is 4.39 Å². The highest BCUT2D eigenvalue weighted by atomic mass is 19.1. The van der Waals surface area contributed by atoms with Gasteiger partial charge in [0, 0.05) is 37.5 Å². The van der Waals surface area contributed by atoms with Gasteiger partial charge in [0.05, 0.1) is 6.20 Å². The number of aromatic nitrogens is 2. The highest BCUT2D eigenvalue weighted by Gasteiger charge is 2.24. The fourth-order valence-electron chi connectivity index (χ4n) is 2.08. The summed E-state index contributed by atoms with van der Waals surface area (Å²) in [5.74, 6) is -0.232. The number of aliphatic hydroxyl groups is 1. The molecule has 1 heterocycles. The number of halogens is 1. The van der Waals surface area contributed by atoms with E-state index in [0.29, 0.717) is 18.7 Å². The number of rotatable bonds is 5. The predicted molar refractivity (Wildman–Crippen MR) is 75.6 cm³/mol. The summed E-state index contributed by atoms with van der Waals surface area (Å²) >= 11 is 0. The molecule has 0 amide bonds. The average Bonchev–Trinajstić information content (AvgIpc) is 2.81. The van der Waals surface area contributed by atoms with Gasteiger partial charge in [0.15, 0.2) is 0 Å². The summed E-state index contributed by atoms with van der Waals surface area (Å²) in [5, 5.41) is 17.5. The normalized spacial score (nSPS) is 14.2. The van der Waals surface area contributed by atoms with Crippen LogP contribution in [0.5, 0.6) is 0 Å². The quantitative estimate of drug-likeness (QED) is 0.877. The molecule has 5 heteroatoms. The van der Waals surface area contributed by atoms with Gasteiger partial charge in [-0.2, -0.15) is 5.10 Å². The van der Waals surface area contributed by atoms with Crippen molar-refractivity contribution in [3.63, 3.8) is 0 Å². The van der Waals surface area contributed by atoms with Crippen molar-refractivity contribution in [2.45, 2.75) is 26.0 Å². The van der Waals surface area contributed by atoms with Crippen LogP contribution in [0.15, 0.2) is 30.6 Å². The summed E-state index contributed by atoms with van der Waals surface area (Å²) in [5.41, 5.74) is 1.32. The van der Waals surface area contributed by atoms with Crippen molar-refractivity contribution < 1.29 is 9.50 Å². The van der Waals surface area contributed by atoms with Gasteiger partial charge in [0.25, 0.3) is 0 Å². The molecule has 0 aliphatic heterocycles. The number of nitrogens with zero attached hydrogens (tertiary/aromatic N) is 2. The largest absolute Gasteiger partial charge is 0.384 e. The molecule has 0 spiro atoms. The number of nitrogens with one attached hydrogen (secondary N) is 1. The van der Waals surface area contributed by atoms with E-state index >= 15 is 0 Å².